The maximum absolute atomic E-state index is 12.1. The van der Waals surface area contributed by atoms with Gasteiger partial charge in [-0.05, 0) is 19.1 Å². The highest BCUT2D eigenvalue weighted by Gasteiger charge is 2.14. The van der Waals surface area contributed by atoms with E-state index in [2.05, 4.69) is 20.7 Å². The molecular formula is C19H17Cl2N5OS. The van der Waals surface area contributed by atoms with Gasteiger partial charge in [0.1, 0.15) is 0 Å². The molecule has 6 nitrogen and oxygen atoms in total. The quantitative estimate of drug-likeness (QED) is 0.337. The summed E-state index contributed by atoms with van der Waals surface area (Å²) in [6.07, 6.45) is 1.43. The molecule has 3 aromatic rings. The Morgan fingerprint density at radius 1 is 1.14 bits per heavy atom. The summed E-state index contributed by atoms with van der Waals surface area (Å²) in [5.41, 5.74) is 4.00. The monoisotopic (exact) mass is 433 g/mol. The Kier molecular flexibility index (Phi) is 7.08. The van der Waals surface area contributed by atoms with Crippen molar-refractivity contribution in [2.45, 2.75) is 18.6 Å². The van der Waals surface area contributed by atoms with Crippen LogP contribution < -0.4 is 5.43 Å². The summed E-state index contributed by atoms with van der Waals surface area (Å²) in [6, 6.07) is 15.0. The molecule has 1 heterocycles. The molecule has 1 aromatic heterocycles. The second kappa shape index (κ2) is 9.73. The minimum Gasteiger partial charge on any atom is -0.302 e. The first-order chi connectivity index (χ1) is 13.6. The zero-order valence-electron chi connectivity index (χ0n) is 15.0. The number of rotatable bonds is 7. The lowest BCUT2D eigenvalue weighted by molar-refractivity contribution is -0.118. The van der Waals surface area contributed by atoms with Crippen LogP contribution in [0.5, 0.6) is 0 Å². The number of aromatic nitrogens is 3. The number of nitrogens with zero attached hydrogens (tertiary/aromatic N) is 4. The molecule has 2 aromatic carbocycles. The Labute approximate surface area is 177 Å². The van der Waals surface area contributed by atoms with Gasteiger partial charge in [-0.2, -0.15) is 5.10 Å². The van der Waals surface area contributed by atoms with Crippen LogP contribution in [-0.4, -0.2) is 32.6 Å². The van der Waals surface area contributed by atoms with Gasteiger partial charge in [0, 0.05) is 17.7 Å². The van der Waals surface area contributed by atoms with Gasteiger partial charge in [-0.25, -0.2) is 5.43 Å². The van der Waals surface area contributed by atoms with E-state index < -0.39 is 0 Å². The minimum atomic E-state index is -0.267. The van der Waals surface area contributed by atoms with Crippen LogP contribution in [-0.2, 0) is 11.3 Å². The van der Waals surface area contributed by atoms with Crippen LogP contribution in [0.4, 0.5) is 0 Å². The Morgan fingerprint density at radius 3 is 2.54 bits per heavy atom. The third-order valence-electron chi connectivity index (χ3n) is 3.78. The topological polar surface area (TPSA) is 72.2 Å². The summed E-state index contributed by atoms with van der Waals surface area (Å²) in [5.74, 6) is 0.661. The SMILES string of the molecule is CCn1c(SCC(=O)N/N=C/c2c(Cl)cccc2Cl)nnc1-c1ccccc1. The number of hydrogen-bond donors (Lipinski definition) is 1. The number of halogens is 2. The lowest BCUT2D eigenvalue weighted by Crippen LogP contribution is -2.20. The van der Waals surface area contributed by atoms with E-state index in [4.69, 9.17) is 23.2 Å². The van der Waals surface area contributed by atoms with Gasteiger partial charge in [0.15, 0.2) is 11.0 Å². The van der Waals surface area contributed by atoms with Gasteiger partial charge in [-0.15, -0.1) is 10.2 Å². The number of carbonyl (C=O) groups is 1. The number of carbonyl (C=O) groups excluding carboxylic acids is 1. The lowest BCUT2D eigenvalue weighted by Gasteiger charge is -2.07. The Balaban J connectivity index is 1.61. The maximum atomic E-state index is 12.1. The summed E-state index contributed by atoms with van der Waals surface area (Å²) < 4.78 is 1.97. The lowest BCUT2D eigenvalue weighted by atomic mass is 10.2. The van der Waals surface area contributed by atoms with Crippen molar-refractivity contribution in [3.8, 4) is 11.4 Å². The van der Waals surface area contributed by atoms with E-state index in [1.54, 1.807) is 18.2 Å². The van der Waals surface area contributed by atoms with Crippen molar-refractivity contribution in [3.05, 3.63) is 64.1 Å². The van der Waals surface area contributed by atoms with Crippen LogP contribution in [0.3, 0.4) is 0 Å². The molecule has 144 valence electrons. The largest absolute Gasteiger partial charge is 0.302 e. The van der Waals surface area contributed by atoms with Crippen LogP contribution in [0.25, 0.3) is 11.4 Å². The molecule has 0 radical (unpaired) electrons. The summed E-state index contributed by atoms with van der Waals surface area (Å²) in [5, 5.41) is 14.0. The highest BCUT2D eigenvalue weighted by Crippen LogP contribution is 2.24. The van der Waals surface area contributed by atoms with Crippen LogP contribution in [0.15, 0.2) is 58.8 Å². The van der Waals surface area contributed by atoms with E-state index in [1.807, 2.05) is 41.8 Å². The molecule has 0 unspecified atom stereocenters. The fourth-order valence-corrected chi connectivity index (χ4v) is 3.74. The van der Waals surface area contributed by atoms with Crippen molar-refractivity contribution in [3.63, 3.8) is 0 Å². The summed E-state index contributed by atoms with van der Waals surface area (Å²) in [6.45, 7) is 2.71. The van der Waals surface area contributed by atoms with Crippen molar-refractivity contribution in [2.24, 2.45) is 5.10 Å². The van der Waals surface area contributed by atoms with Gasteiger partial charge in [0.05, 0.1) is 22.0 Å². The smallest absolute Gasteiger partial charge is 0.250 e. The van der Waals surface area contributed by atoms with Crippen LogP contribution in [0.2, 0.25) is 10.0 Å². The van der Waals surface area contributed by atoms with Gasteiger partial charge >= 0.3 is 0 Å². The number of benzene rings is 2. The Hall–Kier alpha value is -2.35. The normalized spacial score (nSPS) is 11.1. The first kappa shape index (κ1) is 20.4. The van der Waals surface area contributed by atoms with E-state index in [0.29, 0.717) is 27.3 Å². The number of hydrogen-bond acceptors (Lipinski definition) is 5. The zero-order valence-corrected chi connectivity index (χ0v) is 17.3. The van der Waals surface area contributed by atoms with E-state index in [-0.39, 0.29) is 11.7 Å². The molecule has 0 aliphatic rings. The molecule has 0 bridgehead atoms. The highest BCUT2D eigenvalue weighted by atomic mass is 35.5. The van der Waals surface area contributed by atoms with Crippen LogP contribution in [0.1, 0.15) is 12.5 Å². The third kappa shape index (κ3) is 4.92. The average molecular weight is 434 g/mol. The van der Waals surface area contributed by atoms with E-state index in [0.717, 1.165) is 11.4 Å². The van der Waals surface area contributed by atoms with Crippen molar-refractivity contribution in [1.82, 2.24) is 20.2 Å². The average Bonchev–Trinajstić information content (AvgIpc) is 3.12. The number of amides is 1. The summed E-state index contributed by atoms with van der Waals surface area (Å²) in [7, 11) is 0. The minimum absolute atomic E-state index is 0.153. The zero-order chi connectivity index (χ0) is 19.9. The molecule has 0 aliphatic carbocycles. The highest BCUT2D eigenvalue weighted by molar-refractivity contribution is 7.99. The predicted molar refractivity (Wildman–Crippen MR) is 114 cm³/mol. The van der Waals surface area contributed by atoms with Crippen molar-refractivity contribution in [1.29, 1.82) is 0 Å². The first-order valence-electron chi connectivity index (χ1n) is 8.47. The van der Waals surface area contributed by atoms with Gasteiger partial charge in [0.25, 0.3) is 5.91 Å². The third-order valence-corrected chi connectivity index (χ3v) is 5.41. The molecule has 28 heavy (non-hydrogen) atoms. The fourth-order valence-electron chi connectivity index (χ4n) is 2.45. The van der Waals surface area contributed by atoms with Gasteiger partial charge in [0.2, 0.25) is 0 Å². The molecule has 3 rings (SSSR count). The Morgan fingerprint density at radius 2 is 1.86 bits per heavy atom. The molecule has 1 N–H and O–H groups in total. The van der Waals surface area contributed by atoms with Crippen LogP contribution >= 0.6 is 35.0 Å². The first-order valence-corrected chi connectivity index (χ1v) is 10.2. The predicted octanol–water partition coefficient (Wildman–Crippen LogP) is 4.51. The van der Waals surface area contributed by atoms with Crippen molar-refractivity contribution >= 4 is 47.1 Å². The van der Waals surface area contributed by atoms with Crippen molar-refractivity contribution in [2.75, 3.05) is 5.75 Å². The number of nitrogens with one attached hydrogen (secondary N) is 1. The molecule has 1 amide bonds. The molecule has 0 fully saturated rings. The molecule has 0 aliphatic heterocycles. The van der Waals surface area contributed by atoms with Gasteiger partial charge in [-0.1, -0.05) is 71.4 Å². The molecular weight excluding hydrogens is 417 g/mol. The summed E-state index contributed by atoms with van der Waals surface area (Å²) in [4.78, 5) is 12.1. The molecule has 0 saturated heterocycles. The van der Waals surface area contributed by atoms with Gasteiger partial charge in [-0.3, -0.25) is 4.79 Å². The second-order valence-corrected chi connectivity index (χ2v) is 7.39. The number of hydrazone groups is 1. The number of thioether (sulfide) groups is 1. The second-order valence-electron chi connectivity index (χ2n) is 5.63. The van der Waals surface area contributed by atoms with E-state index >= 15 is 0 Å². The molecule has 0 saturated carbocycles. The maximum Gasteiger partial charge on any atom is 0.250 e. The van der Waals surface area contributed by atoms with Crippen LogP contribution in [0, 0.1) is 0 Å². The Bertz CT molecular complexity index is 971. The van der Waals surface area contributed by atoms with Crippen molar-refractivity contribution < 1.29 is 4.79 Å². The van der Waals surface area contributed by atoms with E-state index in [1.165, 1.54) is 18.0 Å². The molecule has 9 heteroatoms. The van der Waals surface area contributed by atoms with Gasteiger partial charge < -0.3 is 4.57 Å². The summed E-state index contributed by atoms with van der Waals surface area (Å²) >= 11 is 13.4. The van der Waals surface area contributed by atoms with E-state index in [9.17, 15) is 4.79 Å². The molecule has 0 atom stereocenters. The fraction of sp³-hybridized carbons (Fsp3) is 0.158. The molecule has 0 spiro atoms. The standard InChI is InChI=1S/C19H17Cl2N5OS/c1-2-26-18(13-7-4-3-5-8-13)24-25-19(26)28-12-17(27)23-22-11-14-15(20)9-6-10-16(14)21/h3-11H,2,12H2,1H3,(H,23,27)/b22-11+.